The predicted octanol–water partition coefficient (Wildman–Crippen LogP) is 2.18. The number of nitrogens with one attached hydrogen (secondary N) is 1. The summed E-state index contributed by atoms with van der Waals surface area (Å²) in [6.07, 6.45) is 8.02. The molecule has 0 spiro atoms. The maximum Gasteiger partial charge on any atom is 0.307 e. The molecule has 2 fully saturated rings. The SMILES string of the molecule is C[C@H](NC(=O)C1CC1C(=O)O)C1CCCCCC1. The van der Waals surface area contributed by atoms with Gasteiger partial charge < -0.3 is 10.4 Å². The van der Waals surface area contributed by atoms with Crippen LogP contribution in [0, 0.1) is 17.8 Å². The molecule has 2 aliphatic carbocycles. The van der Waals surface area contributed by atoms with Gasteiger partial charge in [0.2, 0.25) is 5.91 Å². The van der Waals surface area contributed by atoms with E-state index in [1.54, 1.807) is 0 Å². The minimum Gasteiger partial charge on any atom is -0.481 e. The summed E-state index contributed by atoms with van der Waals surface area (Å²) in [6.45, 7) is 2.06. The molecule has 1 amide bonds. The van der Waals surface area contributed by atoms with Gasteiger partial charge in [0.05, 0.1) is 11.8 Å². The number of hydrogen-bond donors (Lipinski definition) is 2. The standard InChI is InChI=1S/C14H23NO3/c1-9(10-6-4-2-3-5-7-10)15-13(16)11-8-12(11)14(17)18/h9-12H,2-8H2,1H3,(H,15,16)(H,17,18)/t9-,11?,12?/m0/s1. The van der Waals surface area contributed by atoms with Crippen LogP contribution in [-0.2, 0) is 9.59 Å². The Kier molecular flexibility index (Phi) is 4.25. The number of carbonyl (C=O) groups excluding carboxylic acids is 1. The van der Waals surface area contributed by atoms with Crippen molar-refractivity contribution in [2.75, 3.05) is 0 Å². The summed E-state index contributed by atoms with van der Waals surface area (Å²) in [4.78, 5) is 22.6. The first kappa shape index (κ1) is 13.4. The largest absolute Gasteiger partial charge is 0.481 e. The van der Waals surface area contributed by atoms with Crippen molar-refractivity contribution in [1.82, 2.24) is 5.32 Å². The van der Waals surface area contributed by atoms with E-state index in [0.29, 0.717) is 12.3 Å². The number of hydrogen-bond acceptors (Lipinski definition) is 2. The molecule has 2 unspecified atom stereocenters. The van der Waals surface area contributed by atoms with Crippen molar-refractivity contribution in [1.29, 1.82) is 0 Å². The minimum atomic E-state index is -0.836. The molecule has 0 heterocycles. The Labute approximate surface area is 108 Å². The molecule has 2 saturated carbocycles. The maximum absolute atomic E-state index is 11.9. The van der Waals surface area contributed by atoms with Gasteiger partial charge in [-0.3, -0.25) is 9.59 Å². The first-order valence-corrected chi connectivity index (χ1v) is 7.12. The lowest BCUT2D eigenvalue weighted by molar-refractivity contribution is -0.140. The molecule has 0 aliphatic heterocycles. The summed E-state index contributed by atoms with van der Waals surface area (Å²) < 4.78 is 0. The highest BCUT2D eigenvalue weighted by atomic mass is 16.4. The molecular formula is C14H23NO3. The van der Waals surface area contributed by atoms with E-state index in [-0.39, 0.29) is 17.9 Å². The average Bonchev–Trinajstić information content (AvgIpc) is 3.13. The van der Waals surface area contributed by atoms with Crippen molar-refractivity contribution in [2.45, 2.75) is 57.9 Å². The first-order chi connectivity index (χ1) is 8.59. The number of carboxylic acids is 1. The van der Waals surface area contributed by atoms with Crippen LogP contribution in [0.3, 0.4) is 0 Å². The van der Waals surface area contributed by atoms with Crippen LogP contribution in [0.15, 0.2) is 0 Å². The van der Waals surface area contributed by atoms with Crippen LogP contribution in [0.2, 0.25) is 0 Å². The zero-order valence-electron chi connectivity index (χ0n) is 11.0. The molecule has 0 radical (unpaired) electrons. The highest BCUT2D eigenvalue weighted by Gasteiger charge is 2.48. The monoisotopic (exact) mass is 253 g/mol. The van der Waals surface area contributed by atoms with Gasteiger partial charge in [-0.1, -0.05) is 25.7 Å². The zero-order chi connectivity index (χ0) is 13.1. The molecule has 0 bridgehead atoms. The summed E-state index contributed by atoms with van der Waals surface area (Å²) in [6, 6.07) is 0.186. The number of carboxylic acid groups (broad SMARTS) is 1. The normalized spacial score (nSPS) is 30.3. The van der Waals surface area contributed by atoms with E-state index in [1.165, 1.54) is 38.5 Å². The summed E-state index contributed by atoms with van der Waals surface area (Å²) in [7, 11) is 0. The lowest BCUT2D eigenvalue weighted by atomic mass is 9.93. The van der Waals surface area contributed by atoms with Crippen LogP contribution in [-0.4, -0.2) is 23.0 Å². The average molecular weight is 253 g/mol. The first-order valence-electron chi connectivity index (χ1n) is 7.12. The van der Waals surface area contributed by atoms with Crippen molar-refractivity contribution in [3.63, 3.8) is 0 Å². The van der Waals surface area contributed by atoms with Gasteiger partial charge in [-0.25, -0.2) is 0 Å². The lowest BCUT2D eigenvalue weighted by Crippen LogP contribution is -2.39. The molecule has 0 saturated heterocycles. The Morgan fingerprint density at radius 2 is 1.72 bits per heavy atom. The Balaban J connectivity index is 1.78. The highest BCUT2D eigenvalue weighted by molar-refractivity contribution is 5.89. The Morgan fingerprint density at radius 1 is 1.11 bits per heavy atom. The fraction of sp³-hybridized carbons (Fsp3) is 0.857. The second-order valence-electron chi connectivity index (χ2n) is 5.84. The van der Waals surface area contributed by atoms with Crippen molar-refractivity contribution >= 4 is 11.9 Å². The molecule has 0 aromatic rings. The molecule has 4 heteroatoms. The smallest absolute Gasteiger partial charge is 0.307 e. The van der Waals surface area contributed by atoms with Crippen molar-refractivity contribution in [3.05, 3.63) is 0 Å². The lowest BCUT2D eigenvalue weighted by Gasteiger charge is -2.23. The van der Waals surface area contributed by atoms with Gasteiger partial charge in [0.15, 0.2) is 0 Å². The van der Waals surface area contributed by atoms with Gasteiger partial charge in [0.1, 0.15) is 0 Å². The van der Waals surface area contributed by atoms with Gasteiger partial charge in [-0.15, -0.1) is 0 Å². The van der Waals surface area contributed by atoms with Gasteiger partial charge >= 0.3 is 5.97 Å². The van der Waals surface area contributed by atoms with E-state index in [2.05, 4.69) is 12.2 Å². The molecule has 2 N–H and O–H groups in total. The van der Waals surface area contributed by atoms with Gasteiger partial charge in [0.25, 0.3) is 0 Å². The zero-order valence-corrected chi connectivity index (χ0v) is 11.0. The van der Waals surface area contributed by atoms with E-state index >= 15 is 0 Å². The molecule has 0 aromatic heterocycles. The quantitative estimate of drug-likeness (QED) is 0.755. The van der Waals surface area contributed by atoms with E-state index in [9.17, 15) is 9.59 Å². The molecule has 2 rings (SSSR count). The van der Waals surface area contributed by atoms with Gasteiger partial charge in [0, 0.05) is 6.04 Å². The van der Waals surface area contributed by atoms with E-state index < -0.39 is 11.9 Å². The third-order valence-corrected chi connectivity index (χ3v) is 4.42. The summed E-state index contributed by atoms with van der Waals surface area (Å²) in [5, 5.41) is 11.8. The van der Waals surface area contributed by atoms with Gasteiger partial charge in [-0.2, -0.15) is 0 Å². The van der Waals surface area contributed by atoms with Crippen LogP contribution >= 0.6 is 0 Å². The summed E-state index contributed by atoms with van der Waals surface area (Å²) in [5.74, 6) is -1.04. The molecule has 18 heavy (non-hydrogen) atoms. The van der Waals surface area contributed by atoms with Crippen LogP contribution in [0.5, 0.6) is 0 Å². The summed E-state index contributed by atoms with van der Waals surface area (Å²) in [5.41, 5.74) is 0. The maximum atomic E-state index is 11.9. The predicted molar refractivity (Wildman–Crippen MR) is 68.0 cm³/mol. The van der Waals surface area contributed by atoms with Crippen LogP contribution in [0.1, 0.15) is 51.9 Å². The Morgan fingerprint density at radius 3 is 2.22 bits per heavy atom. The Hall–Kier alpha value is -1.06. The molecule has 2 aliphatic rings. The number of rotatable bonds is 4. The van der Waals surface area contributed by atoms with Crippen molar-refractivity contribution < 1.29 is 14.7 Å². The van der Waals surface area contributed by atoms with Crippen LogP contribution in [0.25, 0.3) is 0 Å². The molecule has 4 nitrogen and oxygen atoms in total. The Bertz CT molecular complexity index is 321. The third kappa shape index (κ3) is 3.24. The number of carbonyl (C=O) groups is 2. The topological polar surface area (TPSA) is 66.4 Å². The summed E-state index contributed by atoms with van der Waals surface area (Å²) >= 11 is 0. The van der Waals surface area contributed by atoms with Crippen LogP contribution < -0.4 is 5.32 Å². The van der Waals surface area contributed by atoms with Crippen molar-refractivity contribution in [3.8, 4) is 0 Å². The van der Waals surface area contributed by atoms with E-state index in [1.807, 2.05) is 0 Å². The van der Waals surface area contributed by atoms with Gasteiger partial charge in [-0.05, 0) is 32.1 Å². The van der Waals surface area contributed by atoms with Crippen molar-refractivity contribution in [2.24, 2.45) is 17.8 Å². The van der Waals surface area contributed by atoms with Crippen LogP contribution in [0.4, 0.5) is 0 Å². The third-order valence-electron chi connectivity index (χ3n) is 4.42. The molecular weight excluding hydrogens is 230 g/mol. The minimum absolute atomic E-state index is 0.0563. The molecule has 3 atom stereocenters. The molecule has 102 valence electrons. The fourth-order valence-electron chi connectivity index (χ4n) is 3.02. The number of aliphatic carboxylic acids is 1. The fourth-order valence-corrected chi connectivity index (χ4v) is 3.02. The molecule has 0 aromatic carbocycles. The highest BCUT2D eigenvalue weighted by Crippen LogP contribution is 2.39. The second-order valence-corrected chi connectivity index (χ2v) is 5.84. The second kappa shape index (κ2) is 5.72. The van der Waals surface area contributed by atoms with E-state index in [0.717, 1.165) is 0 Å². The number of amides is 1. The van der Waals surface area contributed by atoms with E-state index in [4.69, 9.17) is 5.11 Å².